The lowest BCUT2D eigenvalue weighted by Crippen LogP contribution is -2.21. The molecular weight excluding hydrogens is 356 g/mol. The molecule has 0 heterocycles. The van der Waals surface area contributed by atoms with E-state index in [-0.39, 0.29) is 11.9 Å². The van der Waals surface area contributed by atoms with Crippen LogP contribution in [0.3, 0.4) is 0 Å². The van der Waals surface area contributed by atoms with Crippen molar-refractivity contribution >= 4 is 23.3 Å². The van der Waals surface area contributed by atoms with Gasteiger partial charge in [-0.15, -0.1) is 0 Å². The average Bonchev–Trinajstić information content (AvgIpc) is 2.74. The standard InChI is InChI=1S/C12H17NO2.C10H13NO2/c1-4-13(5-2)11-8-6-10(7-9-11)12(14)15-3;1-11(2)9-6-4-8(5-7-9)10(12)13-3/h6-9H,4-5H2,1-3H3;4-7H,1-3H3. The van der Waals surface area contributed by atoms with E-state index >= 15 is 0 Å². The number of carbonyl (C=O) groups is 2. The van der Waals surface area contributed by atoms with Crippen LogP contribution >= 0.6 is 0 Å². The van der Waals surface area contributed by atoms with Gasteiger partial charge in [0.2, 0.25) is 0 Å². The summed E-state index contributed by atoms with van der Waals surface area (Å²) in [6.07, 6.45) is 0. The molecule has 0 spiro atoms. The molecule has 6 heteroatoms. The van der Waals surface area contributed by atoms with Crippen molar-refractivity contribution in [1.29, 1.82) is 0 Å². The van der Waals surface area contributed by atoms with Crippen LogP contribution in [0.2, 0.25) is 0 Å². The van der Waals surface area contributed by atoms with E-state index in [1.165, 1.54) is 14.2 Å². The molecule has 0 aliphatic rings. The second-order valence-electron chi connectivity index (χ2n) is 6.14. The first-order chi connectivity index (χ1) is 13.4. The number of anilines is 2. The highest BCUT2D eigenvalue weighted by molar-refractivity contribution is 5.90. The Morgan fingerprint density at radius 2 is 1.07 bits per heavy atom. The molecule has 0 amide bonds. The van der Waals surface area contributed by atoms with E-state index in [2.05, 4.69) is 28.2 Å². The van der Waals surface area contributed by atoms with Gasteiger partial charge >= 0.3 is 11.9 Å². The summed E-state index contributed by atoms with van der Waals surface area (Å²) in [4.78, 5) is 26.5. The van der Waals surface area contributed by atoms with Gasteiger partial charge < -0.3 is 19.3 Å². The van der Waals surface area contributed by atoms with Crippen molar-refractivity contribution in [1.82, 2.24) is 0 Å². The van der Waals surface area contributed by atoms with Gasteiger partial charge in [-0.25, -0.2) is 9.59 Å². The van der Waals surface area contributed by atoms with Crippen LogP contribution in [-0.2, 0) is 9.47 Å². The van der Waals surface area contributed by atoms with Crippen LogP contribution in [0.4, 0.5) is 11.4 Å². The molecule has 0 saturated heterocycles. The maximum Gasteiger partial charge on any atom is 0.337 e. The van der Waals surface area contributed by atoms with Crippen LogP contribution in [-0.4, -0.2) is 53.3 Å². The van der Waals surface area contributed by atoms with E-state index < -0.39 is 0 Å². The number of esters is 2. The van der Waals surface area contributed by atoms with Crippen LogP contribution in [0.5, 0.6) is 0 Å². The minimum absolute atomic E-state index is 0.291. The number of methoxy groups -OCH3 is 2. The molecule has 6 nitrogen and oxygen atoms in total. The molecule has 28 heavy (non-hydrogen) atoms. The number of hydrogen-bond acceptors (Lipinski definition) is 6. The third-order valence-electron chi connectivity index (χ3n) is 4.22. The Morgan fingerprint density at radius 1 is 0.714 bits per heavy atom. The highest BCUT2D eigenvalue weighted by Crippen LogP contribution is 2.15. The molecular formula is C22H30N2O4. The Hall–Kier alpha value is -3.02. The third kappa shape index (κ3) is 6.61. The fourth-order valence-corrected chi connectivity index (χ4v) is 2.53. The lowest BCUT2D eigenvalue weighted by atomic mass is 10.2. The van der Waals surface area contributed by atoms with Crippen molar-refractivity contribution in [2.45, 2.75) is 13.8 Å². The Morgan fingerprint density at radius 3 is 1.36 bits per heavy atom. The molecule has 0 atom stereocenters. The van der Waals surface area contributed by atoms with E-state index in [1.807, 2.05) is 43.3 Å². The summed E-state index contributed by atoms with van der Waals surface area (Å²) in [6, 6.07) is 14.7. The second kappa shape index (κ2) is 11.6. The first-order valence-corrected chi connectivity index (χ1v) is 9.16. The zero-order chi connectivity index (χ0) is 21.1. The average molecular weight is 386 g/mol. The van der Waals surface area contributed by atoms with Gasteiger partial charge in [-0.1, -0.05) is 0 Å². The molecule has 2 rings (SSSR count). The monoisotopic (exact) mass is 386 g/mol. The van der Waals surface area contributed by atoms with Crippen molar-refractivity contribution < 1.29 is 19.1 Å². The van der Waals surface area contributed by atoms with E-state index in [4.69, 9.17) is 0 Å². The molecule has 0 N–H and O–H groups in total. The lowest BCUT2D eigenvalue weighted by Gasteiger charge is -2.20. The lowest BCUT2D eigenvalue weighted by molar-refractivity contribution is 0.0592. The van der Waals surface area contributed by atoms with Gasteiger partial charge in [0.25, 0.3) is 0 Å². The van der Waals surface area contributed by atoms with Crippen molar-refractivity contribution in [2.75, 3.05) is 51.2 Å². The van der Waals surface area contributed by atoms with Crippen LogP contribution < -0.4 is 9.80 Å². The zero-order valence-corrected chi connectivity index (χ0v) is 17.6. The topological polar surface area (TPSA) is 59.1 Å². The SMILES string of the molecule is CCN(CC)c1ccc(C(=O)OC)cc1.COC(=O)c1ccc(N(C)C)cc1. The van der Waals surface area contributed by atoms with Crippen molar-refractivity contribution in [3.8, 4) is 0 Å². The maximum absolute atomic E-state index is 11.2. The first kappa shape index (κ1) is 23.0. The molecule has 2 aromatic rings. The molecule has 152 valence electrons. The highest BCUT2D eigenvalue weighted by atomic mass is 16.5. The normalized spacial score (nSPS) is 9.64. The largest absolute Gasteiger partial charge is 0.465 e. The maximum atomic E-state index is 11.2. The van der Waals surface area contributed by atoms with Crippen molar-refractivity contribution in [3.63, 3.8) is 0 Å². The minimum atomic E-state index is -0.301. The Bertz CT molecular complexity index is 736. The molecule has 0 fully saturated rings. The molecule has 0 aliphatic heterocycles. The molecule has 0 saturated carbocycles. The predicted octanol–water partition coefficient (Wildman–Crippen LogP) is 3.86. The smallest absolute Gasteiger partial charge is 0.337 e. The molecule has 0 unspecified atom stereocenters. The number of ether oxygens (including phenoxy) is 2. The van der Waals surface area contributed by atoms with Crippen molar-refractivity contribution in [3.05, 3.63) is 59.7 Å². The summed E-state index contributed by atoms with van der Waals surface area (Å²) in [6.45, 7) is 6.15. The van der Waals surface area contributed by atoms with Gasteiger partial charge in [-0.2, -0.15) is 0 Å². The Balaban J connectivity index is 0.000000283. The van der Waals surface area contributed by atoms with Crippen LogP contribution in [0.15, 0.2) is 48.5 Å². The van der Waals surface area contributed by atoms with Crippen LogP contribution in [0, 0.1) is 0 Å². The minimum Gasteiger partial charge on any atom is -0.465 e. The van der Waals surface area contributed by atoms with Crippen LogP contribution in [0.25, 0.3) is 0 Å². The van der Waals surface area contributed by atoms with Gasteiger partial charge in [0.05, 0.1) is 25.3 Å². The zero-order valence-electron chi connectivity index (χ0n) is 17.6. The Kier molecular flexibility index (Phi) is 9.57. The van der Waals surface area contributed by atoms with E-state index in [1.54, 1.807) is 24.3 Å². The van der Waals surface area contributed by atoms with Gasteiger partial charge in [-0.3, -0.25) is 0 Å². The van der Waals surface area contributed by atoms with E-state index in [0.29, 0.717) is 11.1 Å². The number of benzene rings is 2. The van der Waals surface area contributed by atoms with Crippen molar-refractivity contribution in [2.24, 2.45) is 0 Å². The number of hydrogen-bond donors (Lipinski definition) is 0. The number of rotatable bonds is 6. The Labute approximate surface area is 167 Å². The quantitative estimate of drug-likeness (QED) is 0.703. The highest BCUT2D eigenvalue weighted by Gasteiger charge is 2.06. The van der Waals surface area contributed by atoms with E-state index in [0.717, 1.165) is 24.5 Å². The summed E-state index contributed by atoms with van der Waals surface area (Å²) in [5.74, 6) is -0.591. The van der Waals surface area contributed by atoms with Gasteiger partial charge in [0.1, 0.15) is 0 Å². The molecule has 0 bridgehead atoms. The molecule has 2 aromatic carbocycles. The summed E-state index contributed by atoms with van der Waals surface area (Å²) in [5, 5.41) is 0. The summed E-state index contributed by atoms with van der Waals surface area (Å²) in [7, 11) is 6.67. The predicted molar refractivity (Wildman–Crippen MR) is 113 cm³/mol. The fourth-order valence-electron chi connectivity index (χ4n) is 2.53. The summed E-state index contributed by atoms with van der Waals surface area (Å²) < 4.78 is 9.22. The third-order valence-corrected chi connectivity index (χ3v) is 4.22. The first-order valence-electron chi connectivity index (χ1n) is 9.16. The number of nitrogens with zero attached hydrogens (tertiary/aromatic N) is 2. The fraction of sp³-hybridized carbons (Fsp3) is 0.364. The van der Waals surface area contributed by atoms with Gasteiger partial charge in [-0.05, 0) is 62.4 Å². The second-order valence-corrected chi connectivity index (χ2v) is 6.14. The summed E-state index contributed by atoms with van der Waals surface area (Å²) in [5.41, 5.74) is 3.36. The molecule has 0 aliphatic carbocycles. The van der Waals surface area contributed by atoms with Gasteiger partial charge in [0, 0.05) is 38.6 Å². The van der Waals surface area contributed by atoms with E-state index in [9.17, 15) is 9.59 Å². The number of carbonyl (C=O) groups excluding carboxylic acids is 2. The van der Waals surface area contributed by atoms with Crippen LogP contribution in [0.1, 0.15) is 34.6 Å². The van der Waals surface area contributed by atoms with Gasteiger partial charge in [0.15, 0.2) is 0 Å². The molecule has 0 aromatic heterocycles. The summed E-state index contributed by atoms with van der Waals surface area (Å²) >= 11 is 0. The molecule has 0 radical (unpaired) electrons.